The summed E-state index contributed by atoms with van der Waals surface area (Å²) in [5, 5.41) is 2.91. The summed E-state index contributed by atoms with van der Waals surface area (Å²) in [6.45, 7) is 4.23. The van der Waals surface area contributed by atoms with Crippen molar-refractivity contribution < 1.29 is 8.42 Å². The molecule has 92 valence electrons. The van der Waals surface area contributed by atoms with Crippen molar-refractivity contribution in [3.8, 4) is 12.3 Å². The molecule has 16 heavy (non-hydrogen) atoms. The van der Waals surface area contributed by atoms with Gasteiger partial charge in [0.1, 0.15) is 0 Å². The van der Waals surface area contributed by atoms with Crippen molar-refractivity contribution in [3.63, 3.8) is 0 Å². The Kier molecular flexibility index (Phi) is 5.26. The molecule has 4 nitrogen and oxygen atoms in total. The fourth-order valence-electron chi connectivity index (χ4n) is 1.95. The van der Waals surface area contributed by atoms with E-state index >= 15 is 0 Å². The fourth-order valence-corrected chi connectivity index (χ4v) is 3.90. The molecule has 0 unspecified atom stereocenters. The van der Waals surface area contributed by atoms with Gasteiger partial charge in [-0.3, -0.25) is 0 Å². The molecule has 1 fully saturated rings. The van der Waals surface area contributed by atoms with Crippen LogP contribution in [0.4, 0.5) is 0 Å². The molecule has 1 saturated heterocycles. The maximum absolute atomic E-state index is 12.3. The molecule has 0 aliphatic carbocycles. The van der Waals surface area contributed by atoms with Gasteiger partial charge in [0.15, 0.2) is 0 Å². The number of piperidine rings is 1. The van der Waals surface area contributed by atoms with Crippen molar-refractivity contribution in [2.75, 3.05) is 26.2 Å². The van der Waals surface area contributed by atoms with Crippen molar-refractivity contribution in [3.05, 3.63) is 0 Å². The second-order valence-electron chi connectivity index (χ2n) is 4.03. The first-order chi connectivity index (χ1) is 7.62. The van der Waals surface area contributed by atoms with Crippen molar-refractivity contribution in [1.29, 1.82) is 0 Å². The lowest BCUT2D eigenvalue weighted by Gasteiger charge is -2.28. The van der Waals surface area contributed by atoms with E-state index in [0.717, 1.165) is 19.5 Å². The van der Waals surface area contributed by atoms with E-state index in [2.05, 4.69) is 11.2 Å². The Labute approximate surface area is 98.5 Å². The minimum atomic E-state index is -3.20. The van der Waals surface area contributed by atoms with Crippen molar-refractivity contribution in [2.24, 2.45) is 0 Å². The van der Waals surface area contributed by atoms with E-state index in [4.69, 9.17) is 6.42 Å². The number of hydrogen-bond acceptors (Lipinski definition) is 3. The van der Waals surface area contributed by atoms with Crippen LogP contribution in [0.15, 0.2) is 0 Å². The molecule has 1 rings (SSSR count). The lowest BCUT2D eigenvalue weighted by Crippen LogP contribution is -2.44. The third-order valence-corrected chi connectivity index (χ3v) is 5.15. The third-order valence-electron chi connectivity index (χ3n) is 2.81. The van der Waals surface area contributed by atoms with Crippen LogP contribution in [0, 0.1) is 12.3 Å². The molecular formula is C11H20N2O2S. The summed E-state index contributed by atoms with van der Waals surface area (Å²) < 4.78 is 26.0. The first-order valence-corrected chi connectivity index (χ1v) is 7.26. The van der Waals surface area contributed by atoms with Gasteiger partial charge in [-0.2, -0.15) is 4.31 Å². The number of nitrogens with one attached hydrogen (secondary N) is 1. The highest BCUT2D eigenvalue weighted by molar-refractivity contribution is 7.89. The van der Waals surface area contributed by atoms with E-state index in [1.54, 1.807) is 0 Å². The van der Waals surface area contributed by atoms with Crippen LogP contribution < -0.4 is 5.32 Å². The van der Waals surface area contributed by atoms with E-state index in [9.17, 15) is 8.42 Å². The van der Waals surface area contributed by atoms with E-state index in [-0.39, 0.29) is 11.8 Å². The Bertz CT molecular complexity index is 339. The molecular weight excluding hydrogens is 224 g/mol. The first-order valence-electron chi connectivity index (χ1n) is 5.76. The Balaban J connectivity index is 2.75. The minimum Gasteiger partial charge on any atom is -0.317 e. The van der Waals surface area contributed by atoms with Crippen LogP contribution in [0.2, 0.25) is 0 Å². The van der Waals surface area contributed by atoms with Crippen LogP contribution in [0.1, 0.15) is 26.2 Å². The van der Waals surface area contributed by atoms with Gasteiger partial charge in [-0.25, -0.2) is 8.42 Å². The van der Waals surface area contributed by atoms with E-state index in [1.807, 2.05) is 6.92 Å². The quantitative estimate of drug-likeness (QED) is 0.713. The average Bonchev–Trinajstić information content (AvgIpc) is 2.30. The highest BCUT2D eigenvalue weighted by Crippen LogP contribution is 2.17. The van der Waals surface area contributed by atoms with Crippen LogP contribution in [-0.2, 0) is 10.0 Å². The summed E-state index contributed by atoms with van der Waals surface area (Å²) in [6.07, 6.45) is 7.39. The van der Waals surface area contributed by atoms with Crippen LogP contribution in [0.5, 0.6) is 0 Å². The van der Waals surface area contributed by atoms with Gasteiger partial charge in [-0.05, 0) is 32.4 Å². The maximum atomic E-state index is 12.3. The maximum Gasteiger partial charge on any atom is 0.217 e. The predicted molar refractivity (Wildman–Crippen MR) is 65.5 cm³/mol. The first kappa shape index (κ1) is 13.5. The summed E-state index contributed by atoms with van der Waals surface area (Å²) in [5.74, 6) is 2.43. The number of rotatable bonds is 5. The monoisotopic (exact) mass is 244 g/mol. The molecule has 0 aromatic rings. The smallest absolute Gasteiger partial charge is 0.217 e. The van der Waals surface area contributed by atoms with Gasteiger partial charge in [0.05, 0.1) is 11.8 Å². The Morgan fingerprint density at radius 3 is 2.56 bits per heavy atom. The van der Waals surface area contributed by atoms with Gasteiger partial charge < -0.3 is 5.32 Å². The second-order valence-corrected chi connectivity index (χ2v) is 6.24. The second kappa shape index (κ2) is 6.24. The molecule has 0 bridgehead atoms. The summed E-state index contributed by atoms with van der Waals surface area (Å²) in [6, 6.07) is 0. The highest BCUT2D eigenvalue weighted by Gasteiger charge is 2.31. The van der Waals surface area contributed by atoms with Crippen LogP contribution in [-0.4, -0.2) is 44.2 Å². The number of hydrogen-bond donors (Lipinski definition) is 1. The van der Waals surface area contributed by atoms with Crippen LogP contribution in [0.25, 0.3) is 0 Å². The van der Waals surface area contributed by atoms with Crippen LogP contribution >= 0.6 is 0 Å². The summed E-state index contributed by atoms with van der Waals surface area (Å²) >= 11 is 0. The fraction of sp³-hybridized carbons (Fsp3) is 0.818. The third kappa shape index (κ3) is 3.21. The Hall–Kier alpha value is -0.570. The van der Waals surface area contributed by atoms with Gasteiger partial charge in [-0.15, -0.1) is 6.42 Å². The average molecular weight is 244 g/mol. The van der Waals surface area contributed by atoms with Crippen LogP contribution in [0.3, 0.4) is 0 Å². The van der Waals surface area contributed by atoms with E-state index in [0.29, 0.717) is 19.4 Å². The van der Waals surface area contributed by atoms with Gasteiger partial charge >= 0.3 is 0 Å². The molecule has 0 saturated carbocycles. The van der Waals surface area contributed by atoms with Gasteiger partial charge in [-0.1, -0.05) is 12.8 Å². The summed E-state index contributed by atoms with van der Waals surface area (Å²) in [4.78, 5) is 0. The normalized spacial score (nSPS) is 18.6. The molecule has 0 atom stereocenters. The van der Waals surface area contributed by atoms with Crippen molar-refractivity contribution in [2.45, 2.75) is 31.4 Å². The topological polar surface area (TPSA) is 49.4 Å². The standard InChI is InChI=1S/C11H20N2O2S/c1-3-9-13(10-4-2)16(14,15)11-5-7-12-8-6-11/h1,11-12H,4-10H2,2H3. The molecule has 1 N–H and O–H groups in total. The highest BCUT2D eigenvalue weighted by atomic mass is 32.2. The van der Waals surface area contributed by atoms with Gasteiger partial charge in [0, 0.05) is 6.54 Å². The Morgan fingerprint density at radius 1 is 1.44 bits per heavy atom. The molecule has 0 radical (unpaired) electrons. The van der Waals surface area contributed by atoms with Crippen molar-refractivity contribution >= 4 is 10.0 Å². The molecule has 1 heterocycles. The number of terminal acetylenes is 1. The zero-order valence-corrected chi connectivity index (χ0v) is 10.6. The Morgan fingerprint density at radius 2 is 2.06 bits per heavy atom. The minimum absolute atomic E-state index is 0.195. The molecule has 0 aromatic carbocycles. The molecule has 1 aliphatic rings. The molecule has 0 aromatic heterocycles. The zero-order chi connectivity index (χ0) is 12.0. The van der Waals surface area contributed by atoms with E-state index < -0.39 is 10.0 Å². The zero-order valence-electron chi connectivity index (χ0n) is 9.78. The number of nitrogens with zero attached hydrogens (tertiary/aromatic N) is 1. The molecule has 5 heteroatoms. The van der Waals surface area contributed by atoms with Crippen molar-refractivity contribution in [1.82, 2.24) is 9.62 Å². The van der Waals surface area contributed by atoms with E-state index in [1.165, 1.54) is 4.31 Å². The number of sulfonamides is 1. The molecule has 1 aliphatic heterocycles. The lowest BCUT2D eigenvalue weighted by molar-refractivity contribution is 0.415. The van der Waals surface area contributed by atoms with Gasteiger partial charge in [0.25, 0.3) is 0 Å². The predicted octanol–water partition coefficient (Wildman–Crippen LogP) is 0.413. The molecule has 0 amide bonds. The summed E-state index contributed by atoms with van der Waals surface area (Å²) in [5.41, 5.74) is 0. The van der Waals surface area contributed by atoms with Gasteiger partial charge in [0.2, 0.25) is 10.0 Å². The largest absolute Gasteiger partial charge is 0.317 e. The SMILES string of the molecule is C#CCN(CCC)S(=O)(=O)C1CCNCC1. The molecule has 0 spiro atoms. The lowest BCUT2D eigenvalue weighted by atomic mass is 10.2. The summed E-state index contributed by atoms with van der Waals surface area (Å²) in [7, 11) is -3.20.